The molecule has 0 aliphatic carbocycles. The quantitative estimate of drug-likeness (QED) is 0.308. The van der Waals surface area contributed by atoms with Crippen molar-refractivity contribution in [2.75, 3.05) is 5.32 Å². The molecule has 3 aromatic carbocycles. The fourth-order valence-electron chi connectivity index (χ4n) is 2.67. The fourth-order valence-corrected chi connectivity index (χ4v) is 4.06. The monoisotopic (exact) mass is 407 g/mol. The molecule has 1 aliphatic rings. The Bertz CT molecular complexity index is 997. The highest BCUT2D eigenvalue weighted by Crippen LogP contribution is 2.44. The van der Waals surface area contributed by atoms with Crippen LogP contribution in [-0.4, -0.2) is 5.78 Å². The van der Waals surface area contributed by atoms with Gasteiger partial charge in [-0.25, -0.2) is 0 Å². The maximum Gasteiger partial charge on any atom is 0.185 e. The summed E-state index contributed by atoms with van der Waals surface area (Å²) in [7, 11) is 0. The number of anilines is 2. The van der Waals surface area contributed by atoms with Crippen molar-refractivity contribution in [2.24, 2.45) is 0 Å². The average molecular weight is 408 g/mol. The van der Waals surface area contributed by atoms with Crippen LogP contribution >= 0.6 is 27.7 Å². The summed E-state index contributed by atoms with van der Waals surface area (Å²) in [5.74, 6) is -0.00608. The summed E-state index contributed by atoms with van der Waals surface area (Å²) in [6.07, 6.45) is 3.46. The van der Waals surface area contributed by atoms with Crippen molar-refractivity contribution in [3.8, 4) is 0 Å². The summed E-state index contributed by atoms with van der Waals surface area (Å²) < 4.78 is 0.996. The Morgan fingerprint density at radius 1 is 0.920 bits per heavy atom. The number of para-hydroxylation sites is 1. The average Bonchev–Trinajstić information content (AvgIpc) is 2.64. The zero-order chi connectivity index (χ0) is 17.2. The first-order valence-corrected chi connectivity index (χ1v) is 9.46. The van der Waals surface area contributed by atoms with Gasteiger partial charge in [0.2, 0.25) is 0 Å². The van der Waals surface area contributed by atoms with Crippen molar-refractivity contribution in [3.05, 3.63) is 88.4 Å². The summed E-state index contributed by atoms with van der Waals surface area (Å²) in [4.78, 5) is 14.8. The topological polar surface area (TPSA) is 29.1 Å². The molecule has 0 bridgehead atoms. The number of hydrogen-bond donors (Lipinski definition) is 1. The van der Waals surface area contributed by atoms with Gasteiger partial charge in [0.1, 0.15) is 0 Å². The predicted octanol–water partition coefficient (Wildman–Crippen LogP) is 6.55. The highest BCUT2D eigenvalue weighted by Gasteiger charge is 2.16. The molecule has 4 heteroatoms. The molecule has 2 nitrogen and oxygen atoms in total. The van der Waals surface area contributed by atoms with Crippen LogP contribution in [-0.2, 0) is 0 Å². The lowest BCUT2D eigenvalue weighted by atomic mass is 10.1. The summed E-state index contributed by atoms with van der Waals surface area (Å²) in [5.41, 5.74) is 3.72. The third kappa shape index (κ3) is 3.55. The van der Waals surface area contributed by atoms with Crippen molar-refractivity contribution in [2.45, 2.75) is 9.79 Å². The molecule has 0 aromatic heterocycles. The number of rotatable bonds is 3. The van der Waals surface area contributed by atoms with Gasteiger partial charge in [0.25, 0.3) is 0 Å². The molecule has 0 radical (unpaired) electrons. The summed E-state index contributed by atoms with van der Waals surface area (Å²) >= 11 is 5.16. The highest BCUT2D eigenvalue weighted by molar-refractivity contribution is 9.10. The number of nitrogens with one attached hydrogen (secondary N) is 1. The summed E-state index contributed by atoms with van der Waals surface area (Å²) in [6.45, 7) is 0. The number of fused-ring (bicyclic) bond motifs is 2. The van der Waals surface area contributed by atoms with Crippen molar-refractivity contribution < 1.29 is 4.79 Å². The van der Waals surface area contributed by atoms with E-state index < -0.39 is 0 Å². The minimum absolute atomic E-state index is 0.00608. The van der Waals surface area contributed by atoms with Crippen LogP contribution in [0.15, 0.2) is 87.1 Å². The molecule has 25 heavy (non-hydrogen) atoms. The molecule has 1 heterocycles. The Balaban J connectivity index is 1.57. The standard InChI is InChI=1S/C21H14BrNOS/c22-16-5-3-4-14(12-16)8-10-19(24)15-9-11-21-18(13-15)23-17-6-1-2-7-20(17)25-21/h1-13,23H/b10-8+. The van der Waals surface area contributed by atoms with Crippen LogP contribution in [0.5, 0.6) is 0 Å². The molecule has 0 spiro atoms. The molecule has 0 unspecified atom stereocenters. The molecule has 122 valence electrons. The first-order chi connectivity index (χ1) is 12.2. The number of carbonyl (C=O) groups is 1. The van der Waals surface area contributed by atoms with E-state index in [0.717, 1.165) is 26.3 Å². The van der Waals surface area contributed by atoms with Crippen LogP contribution in [0.4, 0.5) is 11.4 Å². The summed E-state index contributed by atoms with van der Waals surface area (Å²) in [6, 6.07) is 21.8. The van der Waals surface area contributed by atoms with Crippen LogP contribution in [0, 0.1) is 0 Å². The number of halogens is 1. The van der Waals surface area contributed by atoms with Gasteiger partial charge in [0.15, 0.2) is 5.78 Å². The number of allylic oxidation sites excluding steroid dienone is 1. The third-order valence-corrected chi connectivity index (χ3v) is 5.56. The fraction of sp³-hybridized carbons (Fsp3) is 0. The maximum atomic E-state index is 12.5. The second kappa shape index (κ2) is 6.90. The van der Waals surface area contributed by atoms with Crippen LogP contribution in [0.2, 0.25) is 0 Å². The molecule has 0 saturated heterocycles. The molecule has 0 amide bonds. The second-order valence-corrected chi connectivity index (χ2v) is 7.69. The van der Waals surface area contributed by atoms with E-state index in [2.05, 4.69) is 27.3 Å². The van der Waals surface area contributed by atoms with Crippen molar-refractivity contribution >= 4 is 50.9 Å². The summed E-state index contributed by atoms with van der Waals surface area (Å²) in [5, 5.41) is 3.41. The lowest BCUT2D eigenvalue weighted by molar-refractivity contribution is 0.104. The van der Waals surface area contributed by atoms with E-state index in [4.69, 9.17) is 0 Å². The maximum absolute atomic E-state index is 12.5. The molecule has 1 aliphatic heterocycles. The highest BCUT2D eigenvalue weighted by atomic mass is 79.9. The molecule has 1 N–H and O–H groups in total. The van der Waals surface area contributed by atoms with Gasteiger partial charge >= 0.3 is 0 Å². The van der Waals surface area contributed by atoms with Crippen LogP contribution < -0.4 is 5.32 Å². The lowest BCUT2D eigenvalue weighted by Crippen LogP contribution is -2.02. The molecular formula is C21H14BrNOS. The van der Waals surface area contributed by atoms with E-state index in [1.54, 1.807) is 17.8 Å². The molecular weight excluding hydrogens is 394 g/mol. The minimum Gasteiger partial charge on any atom is -0.354 e. The van der Waals surface area contributed by atoms with E-state index in [-0.39, 0.29) is 5.78 Å². The Kier molecular flexibility index (Phi) is 4.47. The van der Waals surface area contributed by atoms with E-state index in [1.807, 2.05) is 66.7 Å². The van der Waals surface area contributed by atoms with Gasteiger partial charge in [0, 0.05) is 19.8 Å². The lowest BCUT2D eigenvalue weighted by Gasteiger charge is -2.20. The second-order valence-electron chi connectivity index (χ2n) is 5.69. The smallest absolute Gasteiger partial charge is 0.185 e. The van der Waals surface area contributed by atoms with Gasteiger partial charge in [-0.2, -0.15) is 0 Å². The first-order valence-electron chi connectivity index (χ1n) is 7.85. The first kappa shape index (κ1) is 16.2. The third-order valence-electron chi connectivity index (χ3n) is 3.92. The largest absolute Gasteiger partial charge is 0.354 e. The van der Waals surface area contributed by atoms with Gasteiger partial charge in [-0.3, -0.25) is 4.79 Å². The Morgan fingerprint density at radius 3 is 2.64 bits per heavy atom. The van der Waals surface area contributed by atoms with Crippen molar-refractivity contribution in [1.29, 1.82) is 0 Å². The van der Waals surface area contributed by atoms with Gasteiger partial charge in [0.05, 0.1) is 11.4 Å². The normalized spacial score (nSPS) is 12.4. The number of ketones is 1. The molecule has 0 atom stereocenters. The number of carbonyl (C=O) groups excluding carboxylic acids is 1. The van der Waals surface area contributed by atoms with E-state index in [9.17, 15) is 4.79 Å². The molecule has 3 aromatic rings. The van der Waals surface area contributed by atoms with E-state index in [1.165, 1.54) is 4.90 Å². The molecule has 4 rings (SSSR count). The van der Waals surface area contributed by atoms with E-state index >= 15 is 0 Å². The predicted molar refractivity (Wildman–Crippen MR) is 108 cm³/mol. The number of benzene rings is 3. The van der Waals surface area contributed by atoms with Gasteiger partial charge in [-0.15, -0.1) is 0 Å². The zero-order valence-electron chi connectivity index (χ0n) is 13.2. The Morgan fingerprint density at radius 2 is 1.76 bits per heavy atom. The van der Waals surface area contributed by atoms with Crippen LogP contribution in [0.25, 0.3) is 6.08 Å². The molecule has 0 saturated carbocycles. The van der Waals surface area contributed by atoms with Gasteiger partial charge in [-0.05, 0) is 54.1 Å². The van der Waals surface area contributed by atoms with E-state index in [0.29, 0.717) is 5.56 Å². The van der Waals surface area contributed by atoms with Crippen molar-refractivity contribution in [1.82, 2.24) is 0 Å². The van der Waals surface area contributed by atoms with Crippen molar-refractivity contribution in [3.63, 3.8) is 0 Å². The van der Waals surface area contributed by atoms with Crippen LogP contribution in [0.3, 0.4) is 0 Å². The SMILES string of the molecule is O=C(/C=C/c1cccc(Br)c1)c1ccc2c(c1)Nc1ccccc1S2. The minimum atomic E-state index is -0.00608. The van der Waals surface area contributed by atoms with Gasteiger partial charge in [-0.1, -0.05) is 58.0 Å². The zero-order valence-corrected chi connectivity index (χ0v) is 15.6. The Labute approximate surface area is 159 Å². The van der Waals surface area contributed by atoms with Gasteiger partial charge < -0.3 is 5.32 Å². The number of hydrogen-bond acceptors (Lipinski definition) is 3. The van der Waals surface area contributed by atoms with Crippen LogP contribution in [0.1, 0.15) is 15.9 Å². The molecule has 0 fully saturated rings. The Hall–Kier alpha value is -2.30.